The van der Waals surface area contributed by atoms with E-state index in [1.807, 2.05) is 19.1 Å². The number of aryl methyl sites for hydroxylation is 1. The van der Waals surface area contributed by atoms with E-state index >= 15 is 0 Å². The number of nitrogens with one attached hydrogen (secondary N) is 1. The van der Waals surface area contributed by atoms with Crippen molar-refractivity contribution < 1.29 is 9.53 Å². The topological polar surface area (TPSA) is 43.3 Å². The van der Waals surface area contributed by atoms with Crippen LogP contribution in [0, 0.1) is 6.92 Å². The molecule has 4 heteroatoms. The molecule has 1 saturated carbocycles. The molecule has 4 nitrogen and oxygen atoms in total. The maximum absolute atomic E-state index is 12.2. The molecule has 1 aliphatic rings. The Balaban J connectivity index is 1.40. The Labute approximate surface area is 144 Å². The van der Waals surface area contributed by atoms with Crippen molar-refractivity contribution in [2.75, 3.05) is 13.2 Å². The van der Waals surface area contributed by atoms with Gasteiger partial charge in [-0.2, -0.15) is 0 Å². The van der Waals surface area contributed by atoms with Crippen LogP contribution in [0.2, 0.25) is 0 Å². The SMILES string of the molecule is Cc1cc2ccccc2n1CC(=O)NCCCOC1CCCCC1. The summed E-state index contributed by atoms with van der Waals surface area (Å²) in [6, 6.07) is 10.3. The highest BCUT2D eigenvalue weighted by Gasteiger charge is 2.13. The summed E-state index contributed by atoms with van der Waals surface area (Å²) >= 11 is 0. The monoisotopic (exact) mass is 328 g/mol. The molecule has 1 aromatic heterocycles. The quantitative estimate of drug-likeness (QED) is 0.786. The molecule has 1 N–H and O–H groups in total. The predicted molar refractivity (Wildman–Crippen MR) is 97.1 cm³/mol. The van der Waals surface area contributed by atoms with Crippen LogP contribution in [0.3, 0.4) is 0 Å². The minimum atomic E-state index is 0.0668. The van der Waals surface area contributed by atoms with E-state index in [1.165, 1.54) is 37.5 Å². The van der Waals surface area contributed by atoms with Crippen LogP contribution < -0.4 is 5.32 Å². The molecule has 1 aromatic carbocycles. The molecule has 2 aromatic rings. The number of para-hydroxylation sites is 1. The fourth-order valence-electron chi connectivity index (χ4n) is 3.54. The van der Waals surface area contributed by atoms with Crippen molar-refractivity contribution in [1.29, 1.82) is 0 Å². The molecule has 1 fully saturated rings. The van der Waals surface area contributed by atoms with Gasteiger partial charge in [0.05, 0.1) is 6.10 Å². The fourth-order valence-corrected chi connectivity index (χ4v) is 3.54. The van der Waals surface area contributed by atoms with Crippen molar-refractivity contribution in [2.24, 2.45) is 0 Å². The molecule has 0 atom stereocenters. The second-order valence-corrected chi connectivity index (χ2v) is 6.76. The number of hydrogen-bond acceptors (Lipinski definition) is 2. The number of nitrogens with zero attached hydrogens (tertiary/aromatic N) is 1. The molecular formula is C20H28N2O2. The summed E-state index contributed by atoms with van der Waals surface area (Å²) in [5, 5.41) is 4.19. The van der Waals surface area contributed by atoms with Crippen molar-refractivity contribution in [2.45, 2.75) is 58.1 Å². The highest BCUT2D eigenvalue weighted by atomic mass is 16.5. The number of hydrogen-bond donors (Lipinski definition) is 1. The van der Waals surface area contributed by atoms with Crippen molar-refractivity contribution in [3.63, 3.8) is 0 Å². The minimum Gasteiger partial charge on any atom is -0.378 e. The van der Waals surface area contributed by atoms with Crippen LogP contribution >= 0.6 is 0 Å². The second-order valence-electron chi connectivity index (χ2n) is 6.76. The standard InChI is InChI=1S/C20H28N2O2/c1-16-14-17-8-5-6-11-19(17)22(16)15-20(23)21-12-7-13-24-18-9-3-2-4-10-18/h5-6,8,11,14,18H,2-4,7,9-10,12-13,15H2,1H3,(H,21,23). The zero-order chi connectivity index (χ0) is 16.8. The summed E-state index contributed by atoms with van der Waals surface area (Å²) in [6.45, 7) is 3.86. The average Bonchev–Trinajstić information content (AvgIpc) is 2.91. The second kappa shape index (κ2) is 8.34. The summed E-state index contributed by atoms with van der Waals surface area (Å²) < 4.78 is 7.96. The zero-order valence-electron chi connectivity index (χ0n) is 14.6. The Morgan fingerprint density at radius 2 is 2.04 bits per heavy atom. The summed E-state index contributed by atoms with van der Waals surface area (Å²) in [7, 11) is 0. The van der Waals surface area contributed by atoms with Gasteiger partial charge in [0.2, 0.25) is 5.91 Å². The third kappa shape index (κ3) is 4.38. The van der Waals surface area contributed by atoms with Crippen molar-refractivity contribution in [3.8, 4) is 0 Å². The molecule has 1 heterocycles. The average molecular weight is 328 g/mol. The van der Waals surface area contributed by atoms with E-state index in [2.05, 4.69) is 28.1 Å². The molecule has 130 valence electrons. The lowest BCUT2D eigenvalue weighted by molar-refractivity contribution is -0.121. The molecule has 1 amide bonds. The summed E-state index contributed by atoms with van der Waals surface area (Å²) in [5.41, 5.74) is 2.23. The van der Waals surface area contributed by atoms with Gasteiger partial charge in [-0.05, 0) is 43.7 Å². The molecule has 0 radical (unpaired) electrons. The first kappa shape index (κ1) is 17.0. The Morgan fingerprint density at radius 1 is 1.25 bits per heavy atom. The van der Waals surface area contributed by atoms with E-state index in [0.29, 0.717) is 19.2 Å². The lowest BCUT2D eigenvalue weighted by Gasteiger charge is -2.21. The Kier molecular flexibility index (Phi) is 5.91. The van der Waals surface area contributed by atoms with Gasteiger partial charge in [-0.1, -0.05) is 37.5 Å². The van der Waals surface area contributed by atoms with Crippen molar-refractivity contribution >= 4 is 16.8 Å². The summed E-state index contributed by atoms with van der Waals surface area (Å²) in [4.78, 5) is 12.2. The van der Waals surface area contributed by atoms with Crippen LogP contribution in [0.1, 0.15) is 44.2 Å². The number of aromatic nitrogens is 1. The van der Waals surface area contributed by atoms with Crippen molar-refractivity contribution in [1.82, 2.24) is 9.88 Å². The number of carbonyl (C=O) groups excluding carboxylic acids is 1. The number of amides is 1. The van der Waals surface area contributed by atoms with Crippen molar-refractivity contribution in [3.05, 3.63) is 36.0 Å². The number of ether oxygens (including phenoxy) is 1. The molecule has 0 aliphatic heterocycles. The van der Waals surface area contributed by atoms with Gasteiger partial charge in [-0.3, -0.25) is 4.79 Å². The Morgan fingerprint density at radius 3 is 2.88 bits per heavy atom. The van der Waals surface area contributed by atoms with E-state index in [0.717, 1.165) is 24.2 Å². The zero-order valence-corrected chi connectivity index (χ0v) is 14.6. The first-order chi connectivity index (χ1) is 11.7. The molecule has 3 rings (SSSR count). The van der Waals surface area contributed by atoms with Crippen LogP contribution in [0.5, 0.6) is 0 Å². The van der Waals surface area contributed by atoms with Crippen LogP contribution in [0.15, 0.2) is 30.3 Å². The number of rotatable bonds is 7. The normalized spacial score (nSPS) is 15.7. The minimum absolute atomic E-state index is 0.0668. The highest BCUT2D eigenvalue weighted by molar-refractivity contribution is 5.84. The molecule has 0 saturated heterocycles. The molecule has 0 unspecified atom stereocenters. The molecule has 0 spiro atoms. The molecule has 1 aliphatic carbocycles. The lowest BCUT2D eigenvalue weighted by atomic mass is 9.98. The smallest absolute Gasteiger partial charge is 0.239 e. The number of fused-ring (bicyclic) bond motifs is 1. The molecule has 0 bridgehead atoms. The lowest BCUT2D eigenvalue weighted by Crippen LogP contribution is -2.29. The molecular weight excluding hydrogens is 300 g/mol. The van der Waals surface area contributed by atoms with E-state index < -0.39 is 0 Å². The van der Waals surface area contributed by atoms with Gasteiger partial charge < -0.3 is 14.6 Å². The maximum atomic E-state index is 12.2. The van der Waals surface area contributed by atoms with Gasteiger partial charge in [-0.25, -0.2) is 0 Å². The third-order valence-corrected chi connectivity index (χ3v) is 4.87. The molecule has 24 heavy (non-hydrogen) atoms. The van der Waals surface area contributed by atoms with Gasteiger partial charge in [0.25, 0.3) is 0 Å². The van der Waals surface area contributed by atoms with Gasteiger partial charge in [0.1, 0.15) is 6.54 Å². The van der Waals surface area contributed by atoms with Gasteiger partial charge in [-0.15, -0.1) is 0 Å². The van der Waals surface area contributed by atoms with Crippen LogP contribution in [-0.2, 0) is 16.1 Å². The summed E-state index contributed by atoms with van der Waals surface area (Å²) in [5.74, 6) is 0.0668. The fraction of sp³-hybridized carbons (Fsp3) is 0.550. The number of benzene rings is 1. The van der Waals surface area contributed by atoms with E-state index in [9.17, 15) is 4.79 Å². The van der Waals surface area contributed by atoms with Crippen LogP contribution in [0.4, 0.5) is 0 Å². The van der Waals surface area contributed by atoms with Gasteiger partial charge >= 0.3 is 0 Å². The Hall–Kier alpha value is -1.81. The van der Waals surface area contributed by atoms with Gasteiger partial charge in [0.15, 0.2) is 0 Å². The predicted octanol–water partition coefficient (Wildman–Crippen LogP) is 3.81. The first-order valence-electron chi connectivity index (χ1n) is 9.17. The Bertz CT molecular complexity index is 671. The van der Waals surface area contributed by atoms with E-state index in [1.54, 1.807) is 0 Å². The van der Waals surface area contributed by atoms with E-state index in [-0.39, 0.29) is 5.91 Å². The number of carbonyl (C=O) groups is 1. The van der Waals surface area contributed by atoms with Gasteiger partial charge in [0, 0.05) is 24.4 Å². The van der Waals surface area contributed by atoms with Crippen LogP contribution in [0.25, 0.3) is 10.9 Å². The first-order valence-corrected chi connectivity index (χ1v) is 9.17. The highest BCUT2D eigenvalue weighted by Crippen LogP contribution is 2.20. The van der Waals surface area contributed by atoms with Crippen LogP contribution in [-0.4, -0.2) is 29.7 Å². The largest absolute Gasteiger partial charge is 0.378 e. The summed E-state index contributed by atoms with van der Waals surface area (Å²) in [6.07, 6.45) is 7.68. The third-order valence-electron chi connectivity index (χ3n) is 4.87. The maximum Gasteiger partial charge on any atom is 0.239 e. The van der Waals surface area contributed by atoms with E-state index in [4.69, 9.17) is 4.74 Å².